The molecule has 0 aliphatic carbocycles. The van der Waals surface area contributed by atoms with Crippen LogP contribution in [-0.4, -0.2) is 13.1 Å². The number of benzene rings is 1. The molecular formula is C11H16BrFN2. The van der Waals surface area contributed by atoms with Gasteiger partial charge in [0.25, 0.3) is 0 Å². The second kappa shape index (κ2) is 4.94. The van der Waals surface area contributed by atoms with Gasteiger partial charge in [-0.1, -0.05) is 6.92 Å². The minimum absolute atomic E-state index is 0. The average Bonchev–Trinajstić information content (AvgIpc) is 2.51. The Labute approximate surface area is 98.2 Å². The Kier molecular flexibility index (Phi) is 4.11. The molecule has 0 radical (unpaired) electrons. The molecule has 2 nitrogen and oxygen atoms in total. The third-order valence-electron chi connectivity index (χ3n) is 2.61. The molecule has 0 unspecified atom stereocenters. The third-order valence-corrected chi connectivity index (χ3v) is 3.21. The predicted molar refractivity (Wildman–Crippen MR) is 65.3 cm³/mol. The highest BCUT2D eigenvalue weighted by Crippen LogP contribution is 2.32. The topological polar surface area (TPSA) is 38.2 Å². The van der Waals surface area contributed by atoms with Crippen LogP contribution in [0.3, 0.4) is 0 Å². The molecule has 0 spiro atoms. The second-order valence-corrected chi connectivity index (χ2v) is 4.49. The Morgan fingerprint density at radius 3 is 2.87 bits per heavy atom. The Balaban J connectivity index is 0.00000112. The summed E-state index contributed by atoms with van der Waals surface area (Å²) in [6.45, 7) is 4.25. The van der Waals surface area contributed by atoms with E-state index in [2.05, 4.69) is 27.8 Å². The van der Waals surface area contributed by atoms with Crippen LogP contribution >= 0.6 is 15.9 Å². The van der Waals surface area contributed by atoms with E-state index in [1.54, 1.807) is 6.07 Å². The van der Waals surface area contributed by atoms with E-state index in [1.165, 1.54) is 5.69 Å². The molecule has 0 saturated heterocycles. The maximum Gasteiger partial charge on any atom is 0.137 e. The molecule has 1 aliphatic heterocycles. The van der Waals surface area contributed by atoms with Gasteiger partial charge in [0, 0.05) is 18.8 Å². The van der Waals surface area contributed by atoms with Gasteiger partial charge in [0.1, 0.15) is 5.82 Å². The van der Waals surface area contributed by atoms with E-state index >= 15 is 0 Å². The van der Waals surface area contributed by atoms with Gasteiger partial charge in [-0.25, -0.2) is 4.39 Å². The molecule has 2 rings (SSSR count). The molecule has 0 atom stereocenters. The van der Waals surface area contributed by atoms with E-state index in [1.807, 2.05) is 6.07 Å². The summed E-state index contributed by atoms with van der Waals surface area (Å²) < 4.78 is 13.8. The van der Waals surface area contributed by atoms with E-state index in [-0.39, 0.29) is 12.0 Å². The van der Waals surface area contributed by atoms with E-state index in [0.717, 1.165) is 31.5 Å². The quantitative estimate of drug-likeness (QED) is 0.896. The fourth-order valence-electron chi connectivity index (χ4n) is 1.95. The average molecular weight is 275 g/mol. The minimum atomic E-state index is -0.151. The molecule has 0 aromatic heterocycles. The smallest absolute Gasteiger partial charge is 0.137 e. The van der Waals surface area contributed by atoms with E-state index < -0.39 is 0 Å². The van der Waals surface area contributed by atoms with Crippen LogP contribution in [0.25, 0.3) is 0 Å². The van der Waals surface area contributed by atoms with Crippen molar-refractivity contribution in [3.8, 4) is 0 Å². The van der Waals surface area contributed by atoms with Gasteiger partial charge < -0.3 is 11.1 Å². The lowest BCUT2D eigenvalue weighted by molar-refractivity contribution is 0.620. The Morgan fingerprint density at radius 2 is 2.20 bits per heavy atom. The number of hydrogen-bond acceptors (Lipinski definition) is 2. The fourth-order valence-corrected chi connectivity index (χ4v) is 2.28. The number of fused-ring (bicyclic) bond motifs is 1. The zero-order valence-corrected chi connectivity index (χ0v) is 10.5. The van der Waals surface area contributed by atoms with Gasteiger partial charge in [0.05, 0.1) is 4.47 Å². The molecule has 3 N–H and O–H groups in total. The summed E-state index contributed by atoms with van der Waals surface area (Å²) in [5.74, 6) is -0.151. The number of nitrogens with zero attached hydrogens (tertiary/aromatic N) is 1. The van der Waals surface area contributed by atoms with Crippen LogP contribution in [-0.2, 0) is 6.42 Å². The van der Waals surface area contributed by atoms with Crippen molar-refractivity contribution in [3.05, 3.63) is 28.0 Å². The van der Waals surface area contributed by atoms with Gasteiger partial charge in [-0.05, 0) is 46.5 Å². The normalized spacial score (nSPS) is 13.7. The summed E-state index contributed by atoms with van der Waals surface area (Å²) in [5, 5.41) is 0. The van der Waals surface area contributed by atoms with Crippen molar-refractivity contribution in [2.24, 2.45) is 0 Å². The highest BCUT2D eigenvalue weighted by molar-refractivity contribution is 9.10. The molecule has 4 heteroatoms. The molecule has 84 valence electrons. The molecule has 1 aliphatic rings. The predicted octanol–water partition coefficient (Wildman–Crippen LogP) is 3.52. The minimum Gasteiger partial charge on any atom is -0.371 e. The summed E-state index contributed by atoms with van der Waals surface area (Å²) in [6.07, 6.45) is 2.11. The van der Waals surface area contributed by atoms with Gasteiger partial charge in [0.15, 0.2) is 0 Å². The lowest BCUT2D eigenvalue weighted by Gasteiger charge is -2.18. The first-order valence-corrected chi connectivity index (χ1v) is 5.74. The van der Waals surface area contributed by atoms with Crippen LogP contribution in [0.1, 0.15) is 18.9 Å². The summed E-state index contributed by atoms with van der Waals surface area (Å²) in [6, 6.07) is 3.54. The van der Waals surface area contributed by atoms with Crippen molar-refractivity contribution < 1.29 is 4.39 Å². The zero-order valence-electron chi connectivity index (χ0n) is 8.89. The molecule has 0 saturated carbocycles. The summed E-state index contributed by atoms with van der Waals surface area (Å²) in [4.78, 5) is 2.32. The molecule has 0 fully saturated rings. The lowest BCUT2D eigenvalue weighted by Crippen LogP contribution is -2.20. The molecular weight excluding hydrogens is 259 g/mol. The van der Waals surface area contributed by atoms with Crippen molar-refractivity contribution in [1.82, 2.24) is 6.15 Å². The van der Waals surface area contributed by atoms with Gasteiger partial charge in [-0.15, -0.1) is 0 Å². The first-order valence-electron chi connectivity index (χ1n) is 4.95. The van der Waals surface area contributed by atoms with Gasteiger partial charge in [0.2, 0.25) is 0 Å². The van der Waals surface area contributed by atoms with Crippen LogP contribution in [0.2, 0.25) is 0 Å². The van der Waals surface area contributed by atoms with E-state index in [0.29, 0.717) is 4.47 Å². The second-order valence-electron chi connectivity index (χ2n) is 3.63. The third kappa shape index (κ3) is 2.32. The van der Waals surface area contributed by atoms with Crippen molar-refractivity contribution >= 4 is 21.6 Å². The first-order chi connectivity index (χ1) is 6.72. The highest BCUT2D eigenvalue weighted by Gasteiger charge is 2.19. The van der Waals surface area contributed by atoms with Gasteiger partial charge in [-0.2, -0.15) is 0 Å². The molecule has 0 bridgehead atoms. The summed E-state index contributed by atoms with van der Waals surface area (Å²) in [5.41, 5.74) is 2.33. The standard InChI is InChI=1S/C11H13BrFN.H3N/c1-2-4-14-5-3-8-6-10(13)9(12)7-11(8)14;/h6-7H,2-5H2,1H3;1H3. The van der Waals surface area contributed by atoms with Crippen LogP contribution in [0.15, 0.2) is 16.6 Å². The largest absolute Gasteiger partial charge is 0.371 e. The van der Waals surface area contributed by atoms with Crippen molar-refractivity contribution in [2.75, 3.05) is 18.0 Å². The molecule has 0 amide bonds. The lowest BCUT2D eigenvalue weighted by atomic mass is 10.1. The van der Waals surface area contributed by atoms with Crippen LogP contribution in [0.5, 0.6) is 0 Å². The van der Waals surface area contributed by atoms with E-state index in [9.17, 15) is 4.39 Å². The Bertz CT molecular complexity index is 355. The van der Waals surface area contributed by atoms with Crippen molar-refractivity contribution in [2.45, 2.75) is 19.8 Å². The molecule has 1 aromatic carbocycles. The van der Waals surface area contributed by atoms with Crippen LogP contribution < -0.4 is 11.1 Å². The molecule has 15 heavy (non-hydrogen) atoms. The Morgan fingerprint density at radius 1 is 1.47 bits per heavy atom. The number of hydrogen-bond donors (Lipinski definition) is 1. The maximum absolute atomic E-state index is 13.2. The summed E-state index contributed by atoms with van der Waals surface area (Å²) in [7, 11) is 0. The monoisotopic (exact) mass is 274 g/mol. The number of anilines is 1. The highest BCUT2D eigenvalue weighted by atomic mass is 79.9. The SMILES string of the molecule is CCCN1CCc2cc(F)c(Br)cc21.N. The number of halogens is 2. The molecule has 1 heterocycles. The Hall–Kier alpha value is -0.610. The van der Waals surface area contributed by atoms with Crippen LogP contribution in [0, 0.1) is 5.82 Å². The maximum atomic E-state index is 13.2. The zero-order chi connectivity index (χ0) is 10.1. The van der Waals surface area contributed by atoms with Crippen molar-refractivity contribution in [1.29, 1.82) is 0 Å². The first kappa shape index (κ1) is 12.5. The van der Waals surface area contributed by atoms with E-state index in [4.69, 9.17) is 0 Å². The summed E-state index contributed by atoms with van der Waals surface area (Å²) >= 11 is 3.23. The van der Waals surface area contributed by atoms with Gasteiger partial charge >= 0.3 is 0 Å². The van der Waals surface area contributed by atoms with Crippen LogP contribution in [0.4, 0.5) is 10.1 Å². The van der Waals surface area contributed by atoms with Crippen molar-refractivity contribution in [3.63, 3.8) is 0 Å². The molecule has 1 aromatic rings. The number of rotatable bonds is 2. The fraction of sp³-hybridized carbons (Fsp3) is 0.455. The van der Waals surface area contributed by atoms with Gasteiger partial charge in [-0.3, -0.25) is 0 Å².